The lowest BCUT2D eigenvalue weighted by Crippen LogP contribution is -2.18. The van der Waals surface area contributed by atoms with E-state index in [0.717, 1.165) is 6.42 Å². The Bertz CT molecular complexity index is 627. The first-order valence-electron chi connectivity index (χ1n) is 6.21. The van der Waals surface area contributed by atoms with Gasteiger partial charge in [-0.2, -0.15) is 0 Å². The summed E-state index contributed by atoms with van der Waals surface area (Å²) in [6.45, 7) is 4.10. The first-order valence-corrected chi connectivity index (χ1v) is 7.82. The van der Waals surface area contributed by atoms with E-state index in [2.05, 4.69) is 40.3 Å². The van der Waals surface area contributed by atoms with Crippen LogP contribution in [0, 0.1) is 17.0 Å². The number of hydrogen-bond acceptors (Lipinski definition) is 4. The second-order valence-electron chi connectivity index (χ2n) is 4.68. The molecule has 0 amide bonds. The Morgan fingerprint density at radius 1 is 1.40 bits per heavy atom. The van der Waals surface area contributed by atoms with Crippen molar-refractivity contribution in [1.29, 1.82) is 0 Å². The summed E-state index contributed by atoms with van der Waals surface area (Å²) in [5, 5.41) is 14.3. The lowest BCUT2D eigenvalue weighted by molar-refractivity contribution is -0.384. The van der Waals surface area contributed by atoms with Crippen molar-refractivity contribution in [3.8, 4) is 0 Å². The third-order valence-electron chi connectivity index (χ3n) is 2.86. The fourth-order valence-electron chi connectivity index (χ4n) is 1.99. The van der Waals surface area contributed by atoms with Crippen molar-refractivity contribution in [3.05, 3.63) is 54.7 Å². The standard InChI is InChI=1S/C14H15BrN2O2S/c1-9(7-12-5-3-10(2)20-12)16-13-6-4-11(15)8-14(13)17(18)19/h3-6,8-9,16H,7H2,1-2H3. The molecule has 1 atom stereocenters. The number of halogens is 1. The van der Waals surface area contributed by atoms with Crippen LogP contribution in [-0.4, -0.2) is 11.0 Å². The van der Waals surface area contributed by atoms with Crippen molar-refractivity contribution in [3.63, 3.8) is 0 Å². The largest absolute Gasteiger partial charge is 0.377 e. The number of nitro groups is 1. The summed E-state index contributed by atoms with van der Waals surface area (Å²) in [6.07, 6.45) is 0.853. The average molecular weight is 355 g/mol. The molecule has 1 aromatic heterocycles. The molecule has 0 aliphatic heterocycles. The Hall–Kier alpha value is -1.40. The molecule has 0 fully saturated rings. The summed E-state index contributed by atoms with van der Waals surface area (Å²) in [6, 6.07) is 9.39. The highest BCUT2D eigenvalue weighted by atomic mass is 79.9. The van der Waals surface area contributed by atoms with Gasteiger partial charge in [0.15, 0.2) is 0 Å². The highest BCUT2D eigenvalue weighted by molar-refractivity contribution is 9.10. The summed E-state index contributed by atoms with van der Waals surface area (Å²) in [5.41, 5.74) is 0.646. The maximum absolute atomic E-state index is 11.1. The van der Waals surface area contributed by atoms with Gasteiger partial charge in [-0.1, -0.05) is 15.9 Å². The molecular weight excluding hydrogens is 340 g/mol. The smallest absolute Gasteiger partial charge is 0.293 e. The maximum Gasteiger partial charge on any atom is 0.293 e. The number of anilines is 1. The normalized spacial score (nSPS) is 12.2. The number of benzene rings is 1. The topological polar surface area (TPSA) is 55.2 Å². The van der Waals surface area contributed by atoms with E-state index < -0.39 is 0 Å². The van der Waals surface area contributed by atoms with E-state index in [4.69, 9.17) is 0 Å². The molecule has 2 rings (SSSR count). The second-order valence-corrected chi connectivity index (χ2v) is 6.97. The monoisotopic (exact) mass is 354 g/mol. The summed E-state index contributed by atoms with van der Waals surface area (Å²) in [7, 11) is 0. The van der Waals surface area contributed by atoms with E-state index in [9.17, 15) is 10.1 Å². The molecule has 2 aromatic rings. The predicted molar refractivity (Wildman–Crippen MR) is 86.6 cm³/mol. The lowest BCUT2D eigenvalue weighted by atomic mass is 10.2. The molecule has 106 valence electrons. The van der Waals surface area contributed by atoms with Crippen LogP contribution in [0.4, 0.5) is 11.4 Å². The first kappa shape index (κ1) is 15.0. The van der Waals surface area contributed by atoms with Gasteiger partial charge in [0.1, 0.15) is 5.69 Å². The van der Waals surface area contributed by atoms with Gasteiger partial charge in [0.05, 0.1) is 4.92 Å². The van der Waals surface area contributed by atoms with Crippen LogP contribution in [0.5, 0.6) is 0 Å². The minimum Gasteiger partial charge on any atom is -0.377 e. The van der Waals surface area contributed by atoms with Gasteiger partial charge in [-0.05, 0) is 38.1 Å². The van der Waals surface area contributed by atoms with Gasteiger partial charge < -0.3 is 5.32 Å². The van der Waals surface area contributed by atoms with Crippen LogP contribution >= 0.6 is 27.3 Å². The van der Waals surface area contributed by atoms with E-state index in [1.807, 2.05) is 6.92 Å². The second kappa shape index (κ2) is 6.37. The minimum absolute atomic E-state index is 0.0913. The number of nitro benzene ring substituents is 1. The quantitative estimate of drug-likeness (QED) is 0.621. The van der Waals surface area contributed by atoms with E-state index in [-0.39, 0.29) is 16.7 Å². The number of thiophene rings is 1. The molecule has 1 heterocycles. The Labute approximate surface area is 130 Å². The van der Waals surface area contributed by atoms with E-state index >= 15 is 0 Å². The third-order valence-corrected chi connectivity index (χ3v) is 4.38. The maximum atomic E-state index is 11.1. The van der Waals surface area contributed by atoms with Crippen molar-refractivity contribution in [2.24, 2.45) is 0 Å². The number of rotatable bonds is 5. The molecule has 6 heteroatoms. The van der Waals surface area contributed by atoms with Crippen molar-refractivity contribution < 1.29 is 4.92 Å². The van der Waals surface area contributed by atoms with Crippen molar-refractivity contribution in [2.75, 3.05) is 5.32 Å². The van der Waals surface area contributed by atoms with Gasteiger partial charge in [0.2, 0.25) is 0 Å². The molecule has 0 bridgehead atoms. The number of nitrogens with one attached hydrogen (secondary N) is 1. The highest BCUT2D eigenvalue weighted by Crippen LogP contribution is 2.29. The van der Waals surface area contributed by atoms with Gasteiger partial charge in [-0.25, -0.2) is 0 Å². The molecule has 1 N–H and O–H groups in total. The first-order chi connectivity index (χ1) is 9.45. The van der Waals surface area contributed by atoms with Crippen LogP contribution in [0.3, 0.4) is 0 Å². The molecule has 0 saturated heterocycles. The van der Waals surface area contributed by atoms with Crippen molar-refractivity contribution >= 4 is 38.6 Å². The molecule has 0 spiro atoms. The number of hydrogen-bond donors (Lipinski definition) is 1. The summed E-state index contributed by atoms with van der Waals surface area (Å²) in [4.78, 5) is 13.3. The van der Waals surface area contributed by atoms with Crippen LogP contribution in [-0.2, 0) is 6.42 Å². The van der Waals surface area contributed by atoms with E-state index in [1.165, 1.54) is 15.8 Å². The van der Waals surface area contributed by atoms with E-state index in [0.29, 0.717) is 10.2 Å². The molecule has 1 aromatic carbocycles. The van der Waals surface area contributed by atoms with Gasteiger partial charge in [0.25, 0.3) is 5.69 Å². The van der Waals surface area contributed by atoms with Crippen LogP contribution in [0.1, 0.15) is 16.7 Å². The van der Waals surface area contributed by atoms with Crippen LogP contribution in [0.15, 0.2) is 34.8 Å². The molecule has 1 unspecified atom stereocenters. The fourth-order valence-corrected chi connectivity index (χ4v) is 3.36. The average Bonchev–Trinajstić information content (AvgIpc) is 2.76. The summed E-state index contributed by atoms with van der Waals surface area (Å²) < 4.78 is 0.705. The number of nitrogens with zero attached hydrogens (tertiary/aromatic N) is 1. The molecule has 0 aliphatic rings. The van der Waals surface area contributed by atoms with Gasteiger partial charge in [0, 0.05) is 32.8 Å². The lowest BCUT2D eigenvalue weighted by Gasteiger charge is -2.14. The van der Waals surface area contributed by atoms with Crippen molar-refractivity contribution in [2.45, 2.75) is 26.3 Å². The SMILES string of the molecule is Cc1ccc(CC(C)Nc2ccc(Br)cc2[N+](=O)[O-])s1. The molecule has 0 radical (unpaired) electrons. The zero-order valence-corrected chi connectivity index (χ0v) is 13.6. The molecule has 0 aliphatic carbocycles. The minimum atomic E-state index is -0.366. The third kappa shape index (κ3) is 3.80. The molecule has 4 nitrogen and oxygen atoms in total. The summed E-state index contributed by atoms with van der Waals surface area (Å²) >= 11 is 5.02. The molecule has 20 heavy (non-hydrogen) atoms. The zero-order valence-electron chi connectivity index (χ0n) is 11.2. The zero-order chi connectivity index (χ0) is 14.7. The Morgan fingerprint density at radius 3 is 2.75 bits per heavy atom. The number of aryl methyl sites for hydroxylation is 1. The van der Waals surface area contributed by atoms with Gasteiger partial charge in [-0.3, -0.25) is 10.1 Å². The Morgan fingerprint density at radius 2 is 2.15 bits per heavy atom. The van der Waals surface area contributed by atoms with Crippen LogP contribution in [0.2, 0.25) is 0 Å². The van der Waals surface area contributed by atoms with Crippen LogP contribution < -0.4 is 5.32 Å². The van der Waals surface area contributed by atoms with E-state index in [1.54, 1.807) is 23.5 Å². The molecular formula is C14H15BrN2O2S. The summed E-state index contributed by atoms with van der Waals surface area (Å²) in [5.74, 6) is 0. The van der Waals surface area contributed by atoms with Crippen LogP contribution in [0.25, 0.3) is 0 Å². The van der Waals surface area contributed by atoms with Crippen molar-refractivity contribution in [1.82, 2.24) is 0 Å². The fraction of sp³-hybridized carbons (Fsp3) is 0.286. The van der Waals surface area contributed by atoms with Gasteiger partial charge in [-0.15, -0.1) is 11.3 Å². The van der Waals surface area contributed by atoms with Gasteiger partial charge >= 0.3 is 0 Å². The Kier molecular flexibility index (Phi) is 4.77. The Balaban J connectivity index is 2.11. The highest BCUT2D eigenvalue weighted by Gasteiger charge is 2.16. The molecule has 0 saturated carbocycles. The predicted octanol–water partition coefficient (Wildman–Crippen LogP) is 4.77.